The van der Waals surface area contributed by atoms with Gasteiger partial charge in [0.05, 0.1) is 6.61 Å². The van der Waals surface area contributed by atoms with Crippen LogP contribution < -0.4 is 11.0 Å². The fraction of sp³-hybridized carbons (Fsp3) is 0.667. The summed E-state index contributed by atoms with van der Waals surface area (Å²) in [5.74, 6) is -3.45. The van der Waals surface area contributed by atoms with Crippen LogP contribution in [0.4, 0.5) is 14.6 Å². The maximum atomic E-state index is 13.9. The van der Waals surface area contributed by atoms with Crippen LogP contribution in [0.25, 0.3) is 0 Å². The van der Waals surface area contributed by atoms with Gasteiger partial charge < -0.3 is 20.3 Å². The molecule has 0 bridgehead atoms. The standard InChI is InChI=1S/C12H17F2N3O4/c1-6(2)15-8-3-4-17(11(20)16-8)10-12(13,14)9(19)7(5-18)21-10/h3-4,6-7,9-10,18-19H,5H2,1-2H3,(H,15,16,20)/t7-,9-,10-/m1/s1. The number of nitrogens with zero attached hydrogens (tertiary/aromatic N) is 2. The molecule has 0 aromatic carbocycles. The van der Waals surface area contributed by atoms with Gasteiger partial charge in [-0.1, -0.05) is 0 Å². The molecule has 118 valence electrons. The monoisotopic (exact) mass is 305 g/mol. The van der Waals surface area contributed by atoms with Gasteiger partial charge in [0.1, 0.15) is 11.9 Å². The van der Waals surface area contributed by atoms with Crippen LogP contribution >= 0.6 is 0 Å². The highest BCUT2D eigenvalue weighted by atomic mass is 19.3. The molecule has 1 fully saturated rings. The number of aliphatic hydroxyl groups excluding tert-OH is 2. The Hall–Kier alpha value is -1.58. The van der Waals surface area contributed by atoms with Gasteiger partial charge in [-0.15, -0.1) is 0 Å². The third-order valence-corrected chi connectivity index (χ3v) is 3.08. The minimum atomic E-state index is -3.70. The van der Waals surface area contributed by atoms with E-state index in [1.807, 2.05) is 13.8 Å². The van der Waals surface area contributed by atoms with Gasteiger partial charge in [0.2, 0.25) is 6.23 Å². The molecule has 21 heavy (non-hydrogen) atoms. The first kappa shape index (κ1) is 15.8. The van der Waals surface area contributed by atoms with Crippen LogP contribution in [0, 0.1) is 0 Å². The zero-order valence-electron chi connectivity index (χ0n) is 11.5. The topological polar surface area (TPSA) is 96.6 Å². The summed E-state index contributed by atoms with van der Waals surface area (Å²) in [6, 6.07) is 1.39. The average molecular weight is 305 g/mol. The normalized spacial score (nSPS) is 28.0. The molecule has 2 rings (SSSR count). The number of aliphatic hydroxyl groups is 2. The number of alkyl halides is 2. The number of hydrogen-bond donors (Lipinski definition) is 3. The minimum absolute atomic E-state index is 0.0255. The molecule has 3 atom stereocenters. The Labute approximate surface area is 119 Å². The van der Waals surface area contributed by atoms with Crippen LogP contribution in [0.5, 0.6) is 0 Å². The molecule has 0 aliphatic carbocycles. The number of nitrogens with one attached hydrogen (secondary N) is 1. The highest BCUT2D eigenvalue weighted by Gasteiger charge is 2.59. The first-order chi connectivity index (χ1) is 9.77. The van der Waals surface area contributed by atoms with Gasteiger partial charge in [-0.3, -0.25) is 4.57 Å². The van der Waals surface area contributed by atoms with Crippen molar-refractivity contribution in [3.8, 4) is 0 Å². The molecule has 0 spiro atoms. The molecule has 1 saturated heterocycles. The van der Waals surface area contributed by atoms with Gasteiger partial charge in [0.25, 0.3) is 0 Å². The summed E-state index contributed by atoms with van der Waals surface area (Å²) >= 11 is 0. The molecule has 2 heterocycles. The maximum Gasteiger partial charge on any atom is 0.351 e. The van der Waals surface area contributed by atoms with Crippen LogP contribution in [0.1, 0.15) is 20.1 Å². The summed E-state index contributed by atoms with van der Waals surface area (Å²) in [6.45, 7) is 2.90. The Morgan fingerprint density at radius 2 is 2.24 bits per heavy atom. The van der Waals surface area contributed by atoms with Gasteiger partial charge in [0.15, 0.2) is 6.10 Å². The van der Waals surface area contributed by atoms with Crippen LogP contribution in [0.15, 0.2) is 17.1 Å². The Kier molecular flexibility index (Phi) is 4.26. The molecule has 9 heteroatoms. The minimum Gasteiger partial charge on any atom is -0.394 e. The van der Waals surface area contributed by atoms with Crippen molar-refractivity contribution in [2.24, 2.45) is 0 Å². The molecule has 1 aliphatic rings. The first-order valence-electron chi connectivity index (χ1n) is 6.45. The molecule has 0 saturated carbocycles. The van der Waals surface area contributed by atoms with Crippen molar-refractivity contribution in [1.29, 1.82) is 0 Å². The van der Waals surface area contributed by atoms with E-state index in [-0.39, 0.29) is 11.9 Å². The Morgan fingerprint density at radius 1 is 1.57 bits per heavy atom. The quantitative estimate of drug-likeness (QED) is 0.722. The van der Waals surface area contributed by atoms with E-state index in [1.165, 1.54) is 6.07 Å². The third kappa shape index (κ3) is 2.89. The van der Waals surface area contributed by atoms with Crippen molar-refractivity contribution in [3.63, 3.8) is 0 Å². The van der Waals surface area contributed by atoms with Crippen LogP contribution in [0.2, 0.25) is 0 Å². The highest BCUT2D eigenvalue weighted by Crippen LogP contribution is 2.41. The molecule has 1 aromatic heterocycles. The van der Waals surface area contributed by atoms with Crippen LogP contribution in [0.3, 0.4) is 0 Å². The van der Waals surface area contributed by atoms with E-state index in [4.69, 9.17) is 9.84 Å². The molecule has 0 unspecified atom stereocenters. The van der Waals surface area contributed by atoms with Crippen molar-refractivity contribution in [2.45, 2.75) is 44.2 Å². The number of rotatable bonds is 4. The highest BCUT2D eigenvalue weighted by molar-refractivity contribution is 5.32. The van der Waals surface area contributed by atoms with Crippen molar-refractivity contribution in [3.05, 3.63) is 22.7 Å². The maximum absolute atomic E-state index is 13.9. The van der Waals surface area contributed by atoms with Crippen LogP contribution in [-0.2, 0) is 4.74 Å². The van der Waals surface area contributed by atoms with Gasteiger partial charge >= 0.3 is 11.6 Å². The van der Waals surface area contributed by atoms with E-state index in [0.717, 1.165) is 6.20 Å². The summed E-state index contributed by atoms with van der Waals surface area (Å²) in [6.07, 6.45) is -4.53. The summed E-state index contributed by atoms with van der Waals surface area (Å²) in [7, 11) is 0. The van der Waals surface area contributed by atoms with Gasteiger partial charge in [-0.05, 0) is 19.9 Å². The summed E-state index contributed by atoms with van der Waals surface area (Å²) in [5.41, 5.74) is -0.934. The van der Waals surface area contributed by atoms with E-state index in [2.05, 4.69) is 10.3 Å². The zero-order valence-corrected chi connectivity index (χ0v) is 11.5. The first-order valence-corrected chi connectivity index (χ1v) is 6.45. The van der Waals surface area contributed by atoms with Crippen molar-refractivity contribution >= 4 is 5.82 Å². The van der Waals surface area contributed by atoms with Crippen molar-refractivity contribution in [2.75, 3.05) is 11.9 Å². The predicted molar refractivity (Wildman–Crippen MR) is 69.2 cm³/mol. The van der Waals surface area contributed by atoms with Crippen molar-refractivity contribution in [1.82, 2.24) is 9.55 Å². The molecule has 7 nitrogen and oxygen atoms in total. The number of aromatic nitrogens is 2. The molecular formula is C12H17F2N3O4. The molecule has 1 aliphatic heterocycles. The molecule has 0 radical (unpaired) electrons. The zero-order chi connectivity index (χ0) is 15.8. The van der Waals surface area contributed by atoms with Gasteiger partial charge in [-0.25, -0.2) is 4.79 Å². The van der Waals surface area contributed by atoms with E-state index in [1.54, 1.807) is 0 Å². The number of hydrogen-bond acceptors (Lipinski definition) is 6. The lowest BCUT2D eigenvalue weighted by molar-refractivity contribution is -0.140. The summed E-state index contributed by atoms with van der Waals surface area (Å²) in [5, 5.41) is 21.2. The third-order valence-electron chi connectivity index (χ3n) is 3.08. The lowest BCUT2D eigenvalue weighted by Crippen LogP contribution is -2.41. The largest absolute Gasteiger partial charge is 0.394 e. The fourth-order valence-electron chi connectivity index (χ4n) is 2.09. The Balaban J connectivity index is 2.32. The van der Waals surface area contributed by atoms with E-state index in [0.29, 0.717) is 4.57 Å². The average Bonchev–Trinajstić information content (AvgIpc) is 2.61. The SMILES string of the molecule is CC(C)Nc1ccn([C@@H]2O[C@H](CO)[C@@H](O)C2(F)F)c(=O)n1. The summed E-state index contributed by atoms with van der Waals surface area (Å²) in [4.78, 5) is 15.5. The Bertz CT molecular complexity index is 564. The van der Waals surface area contributed by atoms with Crippen LogP contribution in [-0.4, -0.2) is 50.5 Å². The second-order valence-corrected chi connectivity index (χ2v) is 5.13. The van der Waals surface area contributed by atoms with E-state index < -0.39 is 36.7 Å². The Morgan fingerprint density at radius 3 is 2.71 bits per heavy atom. The second kappa shape index (κ2) is 5.66. The smallest absolute Gasteiger partial charge is 0.351 e. The molecular weight excluding hydrogens is 288 g/mol. The lowest BCUT2D eigenvalue weighted by Gasteiger charge is -2.21. The number of ether oxygens (including phenoxy) is 1. The van der Waals surface area contributed by atoms with E-state index in [9.17, 15) is 18.7 Å². The van der Waals surface area contributed by atoms with Gasteiger partial charge in [-0.2, -0.15) is 13.8 Å². The van der Waals surface area contributed by atoms with Crippen molar-refractivity contribution < 1.29 is 23.7 Å². The second-order valence-electron chi connectivity index (χ2n) is 5.13. The molecule has 0 amide bonds. The number of halogens is 2. The van der Waals surface area contributed by atoms with E-state index >= 15 is 0 Å². The summed E-state index contributed by atoms with van der Waals surface area (Å²) < 4.78 is 33.3. The lowest BCUT2D eigenvalue weighted by atomic mass is 10.1. The molecule has 1 aromatic rings. The predicted octanol–water partition coefficient (Wildman–Crippen LogP) is -0.0505. The van der Waals surface area contributed by atoms with Gasteiger partial charge in [0, 0.05) is 12.2 Å². The fourth-order valence-corrected chi connectivity index (χ4v) is 2.09. The number of anilines is 1. The molecule has 3 N–H and O–H groups in total.